The van der Waals surface area contributed by atoms with Crippen molar-refractivity contribution in [3.8, 4) is 0 Å². The molecule has 23 heavy (non-hydrogen) atoms. The summed E-state index contributed by atoms with van der Waals surface area (Å²) < 4.78 is 10.4. The number of aromatic nitrogens is 1. The molecule has 0 aliphatic carbocycles. The summed E-state index contributed by atoms with van der Waals surface area (Å²) in [5.74, 6) is -0.960. The predicted molar refractivity (Wildman–Crippen MR) is 83.1 cm³/mol. The third kappa shape index (κ3) is 2.58. The number of hydrogen-bond acceptors (Lipinski definition) is 6. The summed E-state index contributed by atoms with van der Waals surface area (Å²) in [6, 6.07) is 1.84. The Morgan fingerprint density at radius 3 is 2.74 bits per heavy atom. The number of fused-ring (bicyclic) bond motifs is 3. The average Bonchev–Trinajstić information content (AvgIpc) is 3.03. The van der Waals surface area contributed by atoms with Crippen LogP contribution >= 0.6 is 0 Å². The molecule has 1 unspecified atom stereocenters. The molecule has 0 aromatic carbocycles. The first-order valence-electron chi connectivity index (χ1n) is 7.98. The molecule has 1 aromatic rings. The Labute approximate surface area is 135 Å². The summed E-state index contributed by atoms with van der Waals surface area (Å²) in [6.45, 7) is 4.74. The molecular weight excluding hydrogens is 296 g/mol. The molecule has 2 aliphatic heterocycles. The van der Waals surface area contributed by atoms with Crippen molar-refractivity contribution in [2.75, 3.05) is 19.8 Å². The van der Waals surface area contributed by atoms with Crippen molar-refractivity contribution >= 4 is 17.5 Å². The molecule has 1 aromatic heterocycles. The molecule has 1 atom stereocenters. The standard InChI is InChI=1S/C17H20N2O4/c1-3-22-16(20)14-11-7-8-18-10-12(11)13-6-5-9-19(13)15(14)17(21)23-4-2/h7-8,10,13H,3-6,9H2,1-2H3. The second-order valence-electron chi connectivity index (χ2n) is 5.48. The van der Waals surface area contributed by atoms with Gasteiger partial charge in [0, 0.05) is 24.5 Å². The number of nitrogens with zero attached hydrogens (tertiary/aromatic N) is 2. The number of ether oxygens (including phenoxy) is 2. The number of pyridine rings is 1. The van der Waals surface area contributed by atoms with Gasteiger partial charge in [-0.05, 0) is 38.3 Å². The number of esters is 2. The SMILES string of the molecule is CCOC(=O)C1=C(C(=O)OCC)N2CCCC2c2cnccc21. The summed E-state index contributed by atoms with van der Waals surface area (Å²) in [5, 5.41) is 0. The van der Waals surface area contributed by atoms with Crippen molar-refractivity contribution in [3.63, 3.8) is 0 Å². The Balaban J connectivity index is 2.20. The monoisotopic (exact) mass is 316 g/mol. The van der Waals surface area contributed by atoms with Crippen molar-refractivity contribution < 1.29 is 19.1 Å². The van der Waals surface area contributed by atoms with Crippen molar-refractivity contribution in [2.24, 2.45) is 0 Å². The van der Waals surface area contributed by atoms with Crippen molar-refractivity contribution in [1.82, 2.24) is 9.88 Å². The largest absolute Gasteiger partial charge is 0.462 e. The third-order valence-electron chi connectivity index (χ3n) is 4.21. The molecule has 0 bridgehead atoms. The molecular formula is C17H20N2O4. The fourth-order valence-corrected chi connectivity index (χ4v) is 3.36. The minimum atomic E-state index is -0.492. The maximum Gasteiger partial charge on any atom is 0.355 e. The van der Waals surface area contributed by atoms with Gasteiger partial charge in [-0.1, -0.05) is 0 Å². The molecule has 3 heterocycles. The zero-order chi connectivity index (χ0) is 16.4. The Hall–Kier alpha value is -2.37. The number of rotatable bonds is 4. The summed E-state index contributed by atoms with van der Waals surface area (Å²) >= 11 is 0. The van der Waals surface area contributed by atoms with E-state index in [0.717, 1.165) is 30.5 Å². The van der Waals surface area contributed by atoms with Crippen LogP contribution in [0.25, 0.3) is 5.57 Å². The van der Waals surface area contributed by atoms with Crippen LogP contribution in [0.3, 0.4) is 0 Å². The topological polar surface area (TPSA) is 68.7 Å². The van der Waals surface area contributed by atoms with E-state index in [9.17, 15) is 9.59 Å². The maximum absolute atomic E-state index is 12.5. The van der Waals surface area contributed by atoms with E-state index in [1.54, 1.807) is 32.3 Å². The number of carbonyl (C=O) groups is 2. The predicted octanol–water partition coefficient (Wildman–Crippen LogP) is 2.07. The van der Waals surface area contributed by atoms with E-state index < -0.39 is 11.9 Å². The highest BCUT2D eigenvalue weighted by atomic mass is 16.5. The lowest BCUT2D eigenvalue weighted by molar-refractivity contribution is -0.142. The minimum absolute atomic E-state index is 0.0660. The van der Waals surface area contributed by atoms with Gasteiger partial charge in [-0.25, -0.2) is 9.59 Å². The van der Waals surface area contributed by atoms with Crippen LogP contribution in [0, 0.1) is 0 Å². The zero-order valence-corrected chi connectivity index (χ0v) is 13.4. The van der Waals surface area contributed by atoms with Crippen LogP contribution in [0.1, 0.15) is 43.9 Å². The smallest absolute Gasteiger partial charge is 0.355 e. The van der Waals surface area contributed by atoms with Gasteiger partial charge < -0.3 is 14.4 Å². The van der Waals surface area contributed by atoms with Crippen LogP contribution in [-0.4, -0.2) is 41.6 Å². The molecule has 0 N–H and O–H groups in total. The second kappa shape index (κ2) is 6.40. The Bertz CT molecular complexity index is 668. The van der Waals surface area contributed by atoms with E-state index in [4.69, 9.17) is 9.47 Å². The molecule has 6 heteroatoms. The first-order valence-corrected chi connectivity index (χ1v) is 7.98. The first-order chi connectivity index (χ1) is 11.2. The average molecular weight is 316 g/mol. The van der Waals surface area contributed by atoms with Gasteiger partial charge >= 0.3 is 11.9 Å². The molecule has 3 rings (SSSR count). The fourth-order valence-electron chi connectivity index (χ4n) is 3.36. The van der Waals surface area contributed by atoms with Gasteiger partial charge in [0.05, 0.1) is 24.8 Å². The van der Waals surface area contributed by atoms with Crippen LogP contribution in [0.15, 0.2) is 24.2 Å². The van der Waals surface area contributed by atoms with E-state index in [0.29, 0.717) is 11.3 Å². The molecule has 0 radical (unpaired) electrons. The molecule has 1 fully saturated rings. The lowest BCUT2D eigenvalue weighted by Crippen LogP contribution is -2.35. The summed E-state index contributed by atoms with van der Waals surface area (Å²) in [7, 11) is 0. The van der Waals surface area contributed by atoms with E-state index in [-0.39, 0.29) is 19.3 Å². The lowest BCUT2D eigenvalue weighted by Gasteiger charge is -2.35. The van der Waals surface area contributed by atoms with Gasteiger partial charge in [0.25, 0.3) is 0 Å². The van der Waals surface area contributed by atoms with Gasteiger partial charge in [0.15, 0.2) is 0 Å². The molecule has 122 valence electrons. The van der Waals surface area contributed by atoms with E-state index in [1.807, 2.05) is 4.90 Å². The summed E-state index contributed by atoms with van der Waals surface area (Å²) in [6.07, 6.45) is 5.29. The van der Waals surface area contributed by atoms with Crippen molar-refractivity contribution in [2.45, 2.75) is 32.7 Å². The van der Waals surface area contributed by atoms with Crippen LogP contribution in [0.4, 0.5) is 0 Å². The molecule has 1 saturated heterocycles. The molecule has 0 saturated carbocycles. The highest BCUT2D eigenvalue weighted by Gasteiger charge is 2.42. The Morgan fingerprint density at radius 2 is 2.00 bits per heavy atom. The van der Waals surface area contributed by atoms with Gasteiger partial charge in [-0.15, -0.1) is 0 Å². The summed E-state index contributed by atoms with van der Waals surface area (Å²) in [4.78, 5) is 31.2. The second-order valence-corrected chi connectivity index (χ2v) is 5.48. The van der Waals surface area contributed by atoms with Crippen LogP contribution in [-0.2, 0) is 19.1 Å². The lowest BCUT2D eigenvalue weighted by atomic mass is 9.89. The zero-order valence-electron chi connectivity index (χ0n) is 13.4. The highest BCUT2D eigenvalue weighted by molar-refractivity contribution is 6.23. The van der Waals surface area contributed by atoms with E-state index >= 15 is 0 Å². The molecule has 0 spiro atoms. The highest BCUT2D eigenvalue weighted by Crippen LogP contribution is 2.44. The van der Waals surface area contributed by atoms with Crippen LogP contribution in [0.5, 0.6) is 0 Å². The van der Waals surface area contributed by atoms with E-state index in [1.165, 1.54) is 0 Å². The summed E-state index contributed by atoms with van der Waals surface area (Å²) in [5.41, 5.74) is 2.32. The normalized spacial score (nSPS) is 19.2. The van der Waals surface area contributed by atoms with Gasteiger partial charge in [-0.2, -0.15) is 0 Å². The minimum Gasteiger partial charge on any atom is -0.462 e. The fraction of sp³-hybridized carbons (Fsp3) is 0.471. The van der Waals surface area contributed by atoms with E-state index in [2.05, 4.69) is 4.98 Å². The van der Waals surface area contributed by atoms with Gasteiger partial charge in [0.2, 0.25) is 0 Å². The van der Waals surface area contributed by atoms with Crippen LogP contribution < -0.4 is 0 Å². The Morgan fingerprint density at radius 1 is 1.26 bits per heavy atom. The third-order valence-corrected chi connectivity index (χ3v) is 4.21. The van der Waals surface area contributed by atoms with Crippen LogP contribution in [0.2, 0.25) is 0 Å². The first kappa shape index (κ1) is 15.5. The quantitative estimate of drug-likeness (QED) is 0.792. The van der Waals surface area contributed by atoms with Gasteiger partial charge in [-0.3, -0.25) is 4.98 Å². The number of hydrogen-bond donors (Lipinski definition) is 0. The number of carbonyl (C=O) groups excluding carboxylic acids is 2. The van der Waals surface area contributed by atoms with Gasteiger partial charge in [0.1, 0.15) is 5.70 Å². The molecule has 0 amide bonds. The Kier molecular flexibility index (Phi) is 4.32. The van der Waals surface area contributed by atoms with Crippen molar-refractivity contribution in [1.29, 1.82) is 0 Å². The maximum atomic E-state index is 12.5. The molecule has 2 aliphatic rings. The molecule has 6 nitrogen and oxygen atoms in total. The van der Waals surface area contributed by atoms with Crippen molar-refractivity contribution in [3.05, 3.63) is 35.3 Å².